The van der Waals surface area contributed by atoms with Crippen LogP contribution in [0, 0.1) is 13.8 Å². The maximum Gasteiger partial charge on any atom is 0.178 e. The Balaban J connectivity index is 0.00000196. The van der Waals surface area contributed by atoms with Crippen LogP contribution in [0.5, 0.6) is 0 Å². The Labute approximate surface area is 165 Å². The fraction of sp³-hybridized carbons (Fsp3) is 0.217. The zero-order chi connectivity index (χ0) is 17.2. The summed E-state index contributed by atoms with van der Waals surface area (Å²) in [5.74, 6) is 0. The molecular formula is C23H24BrN2+. The molecule has 2 nitrogen and oxygen atoms in total. The van der Waals surface area contributed by atoms with Crippen molar-refractivity contribution in [1.82, 2.24) is 0 Å². The van der Waals surface area contributed by atoms with E-state index in [0.29, 0.717) is 0 Å². The van der Waals surface area contributed by atoms with E-state index in [1.807, 2.05) is 0 Å². The lowest BCUT2D eigenvalue weighted by Gasteiger charge is -2.04. The second-order valence-electron chi connectivity index (χ2n) is 6.83. The van der Waals surface area contributed by atoms with Gasteiger partial charge >= 0.3 is 0 Å². The molecule has 0 aliphatic carbocycles. The summed E-state index contributed by atoms with van der Waals surface area (Å²) in [5.41, 5.74) is 2.64. The number of halogens is 1. The van der Waals surface area contributed by atoms with Gasteiger partial charge in [0.05, 0.1) is 6.42 Å². The first kappa shape index (κ1) is 18.5. The molecule has 4 aromatic rings. The summed E-state index contributed by atoms with van der Waals surface area (Å²) < 4.78 is 4.75. The highest BCUT2D eigenvalue weighted by Gasteiger charge is 2.12. The normalized spacial score (nSPS) is 10.8. The largest absolute Gasteiger partial charge is 1.00 e. The van der Waals surface area contributed by atoms with Gasteiger partial charge in [0.15, 0.2) is 36.9 Å². The number of fused-ring (bicyclic) bond motifs is 2. The monoisotopic (exact) mass is 407 g/mol. The van der Waals surface area contributed by atoms with Gasteiger partial charge in [-0.3, -0.25) is 0 Å². The maximum atomic E-state index is 2.37. The van der Waals surface area contributed by atoms with E-state index in [9.17, 15) is 0 Å². The van der Waals surface area contributed by atoms with Gasteiger partial charge in [-0.05, 0) is 22.9 Å². The number of pyridine rings is 2. The van der Waals surface area contributed by atoms with Crippen molar-refractivity contribution in [3.63, 3.8) is 0 Å². The Morgan fingerprint density at radius 2 is 1.00 bits per heavy atom. The molecule has 0 spiro atoms. The quantitative estimate of drug-likeness (QED) is 0.450. The van der Waals surface area contributed by atoms with Gasteiger partial charge in [-0.2, -0.15) is 0 Å². The predicted octanol–water partition coefficient (Wildman–Crippen LogP) is 1.28. The first-order valence-corrected chi connectivity index (χ1v) is 8.98. The van der Waals surface area contributed by atoms with Gasteiger partial charge in [-0.1, -0.05) is 36.4 Å². The molecule has 0 saturated heterocycles. The van der Waals surface area contributed by atoms with Crippen LogP contribution in [-0.4, -0.2) is 0 Å². The molecule has 0 radical (unpaired) electrons. The van der Waals surface area contributed by atoms with Gasteiger partial charge in [0.2, 0.25) is 0 Å². The van der Waals surface area contributed by atoms with Crippen molar-refractivity contribution in [2.75, 3.05) is 0 Å². The third-order valence-electron chi connectivity index (χ3n) is 5.01. The minimum Gasteiger partial charge on any atom is -1.00 e. The van der Waals surface area contributed by atoms with E-state index in [-0.39, 0.29) is 17.0 Å². The van der Waals surface area contributed by atoms with Crippen molar-refractivity contribution in [3.8, 4) is 0 Å². The molecule has 2 aromatic heterocycles. The molecule has 0 amide bonds. The predicted molar refractivity (Wildman–Crippen MR) is 102 cm³/mol. The Morgan fingerprint density at radius 1 is 0.615 bits per heavy atom. The standard InChI is InChI=1S/C23H24N2.BrH/c1-18-14-20-8-3-5-10-22(20)16-24(18)12-7-13-25-17-23-11-6-4-9-21(23)15-19(25)2;/h3-6,8-11,14-17H,7,12-13H2,1-2H3;1H/q+2;/p-1. The zero-order valence-corrected chi connectivity index (χ0v) is 16.9. The fourth-order valence-electron chi connectivity index (χ4n) is 3.57. The summed E-state index contributed by atoms with van der Waals surface area (Å²) in [5, 5.41) is 5.25. The van der Waals surface area contributed by atoms with E-state index < -0.39 is 0 Å². The van der Waals surface area contributed by atoms with Crippen LogP contribution in [0.2, 0.25) is 0 Å². The first-order valence-electron chi connectivity index (χ1n) is 8.98. The van der Waals surface area contributed by atoms with Gasteiger partial charge in [0, 0.05) is 36.8 Å². The second-order valence-corrected chi connectivity index (χ2v) is 6.83. The molecule has 4 rings (SSSR count). The topological polar surface area (TPSA) is 7.76 Å². The molecule has 2 aromatic carbocycles. The average molecular weight is 408 g/mol. The lowest BCUT2D eigenvalue weighted by molar-refractivity contribution is -0.731. The summed E-state index contributed by atoms with van der Waals surface area (Å²) >= 11 is 0. The highest BCUT2D eigenvalue weighted by molar-refractivity contribution is 5.81. The number of hydrogen-bond acceptors (Lipinski definition) is 0. The van der Waals surface area contributed by atoms with E-state index in [1.165, 1.54) is 32.9 Å². The lowest BCUT2D eigenvalue weighted by atomic mass is 10.1. The van der Waals surface area contributed by atoms with E-state index in [1.54, 1.807) is 0 Å². The van der Waals surface area contributed by atoms with Crippen LogP contribution in [-0.2, 0) is 13.1 Å². The molecule has 0 saturated carbocycles. The van der Waals surface area contributed by atoms with Crippen molar-refractivity contribution in [2.24, 2.45) is 0 Å². The summed E-state index contributed by atoms with van der Waals surface area (Å²) in [6, 6.07) is 21.7. The van der Waals surface area contributed by atoms with Crippen LogP contribution in [0.4, 0.5) is 0 Å². The minimum absolute atomic E-state index is 0. The molecule has 0 unspecified atom stereocenters. The lowest BCUT2D eigenvalue weighted by Crippen LogP contribution is -3.00. The zero-order valence-electron chi connectivity index (χ0n) is 15.3. The van der Waals surface area contributed by atoms with Gasteiger partial charge < -0.3 is 17.0 Å². The first-order chi connectivity index (χ1) is 12.2. The Hall–Kier alpha value is -2.26. The number of nitrogens with zero attached hydrogens (tertiary/aromatic N) is 2. The smallest absolute Gasteiger partial charge is 0.178 e. The molecule has 3 heteroatoms. The summed E-state index contributed by atoms with van der Waals surface area (Å²) in [6.07, 6.45) is 5.68. The maximum absolute atomic E-state index is 2.37. The molecule has 0 fully saturated rings. The Kier molecular flexibility index (Phi) is 5.67. The number of aromatic nitrogens is 2. The Bertz CT molecular complexity index is 971. The third-order valence-corrected chi connectivity index (χ3v) is 5.01. The molecule has 0 N–H and O–H groups in total. The Morgan fingerprint density at radius 3 is 1.42 bits per heavy atom. The average Bonchev–Trinajstić information content (AvgIpc) is 2.62. The van der Waals surface area contributed by atoms with Crippen LogP contribution < -0.4 is 26.1 Å². The van der Waals surface area contributed by atoms with E-state index in [0.717, 1.165) is 19.5 Å². The van der Waals surface area contributed by atoms with Crippen LogP contribution >= 0.6 is 0 Å². The van der Waals surface area contributed by atoms with Crippen LogP contribution in [0.15, 0.2) is 73.1 Å². The molecule has 2 heterocycles. The molecular weight excluding hydrogens is 384 g/mol. The van der Waals surface area contributed by atoms with Crippen LogP contribution in [0.3, 0.4) is 0 Å². The fourth-order valence-corrected chi connectivity index (χ4v) is 3.57. The van der Waals surface area contributed by atoms with Crippen molar-refractivity contribution in [1.29, 1.82) is 0 Å². The molecule has 0 atom stereocenters. The molecule has 0 bridgehead atoms. The van der Waals surface area contributed by atoms with E-state index in [2.05, 4.69) is 96.0 Å². The highest BCUT2D eigenvalue weighted by Crippen LogP contribution is 2.13. The van der Waals surface area contributed by atoms with Crippen molar-refractivity contribution >= 4 is 21.5 Å². The summed E-state index contributed by atoms with van der Waals surface area (Å²) in [4.78, 5) is 0. The number of benzene rings is 2. The summed E-state index contributed by atoms with van der Waals surface area (Å²) in [7, 11) is 0. The molecule has 26 heavy (non-hydrogen) atoms. The number of rotatable bonds is 4. The van der Waals surface area contributed by atoms with Gasteiger partial charge in [-0.15, -0.1) is 0 Å². The van der Waals surface area contributed by atoms with Crippen molar-refractivity contribution < 1.29 is 26.1 Å². The van der Waals surface area contributed by atoms with E-state index >= 15 is 0 Å². The number of hydrogen-bond donors (Lipinski definition) is 0. The van der Waals surface area contributed by atoms with Gasteiger partial charge in [-0.25, -0.2) is 9.13 Å². The minimum atomic E-state index is 0. The van der Waals surface area contributed by atoms with Gasteiger partial charge in [0.1, 0.15) is 0 Å². The highest BCUT2D eigenvalue weighted by atomic mass is 79.9. The van der Waals surface area contributed by atoms with Crippen molar-refractivity contribution in [3.05, 3.63) is 84.4 Å². The van der Waals surface area contributed by atoms with E-state index in [4.69, 9.17) is 0 Å². The van der Waals surface area contributed by atoms with Crippen molar-refractivity contribution in [2.45, 2.75) is 33.4 Å². The molecule has 132 valence electrons. The van der Waals surface area contributed by atoms with Gasteiger partial charge in [0.25, 0.3) is 0 Å². The summed E-state index contributed by atoms with van der Waals surface area (Å²) in [6.45, 7) is 6.47. The van der Waals surface area contributed by atoms with Crippen LogP contribution in [0.25, 0.3) is 21.5 Å². The third kappa shape index (κ3) is 3.78. The number of aryl methyl sites for hydroxylation is 4. The SMILES string of the molecule is Cc1cc2ccccc2c[n+]1CCC[n+]1cc2ccccc2cc1C.[Br-]. The molecule has 0 aliphatic rings. The van der Waals surface area contributed by atoms with Crippen LogP contribution in [0.1, 0.15) is 17.8 Å². The molecule has 0 aliphatic heterocycles. The second kappa shape index (κ2) is 7.96.